The maximum atomic E-state index is 13.3. The number of H-pyrrole nitrogens is 1. The van der Waals surface area contributed by atoms with Gasteiger partial charge in [-0.15, -0.1) is 0 Å². The quantitative estimate of drug-likeness (QED) is 0.818. The third kappa shape index (κ3) is 5.01. The van der Waals surface area contributed by atoms with E-state index in [0.29, 0.717) is 25.5 Å². The molecule has 2 heterocycles. The monoisotopic (exact) mass is 375 g/mol. The number of likely N-dealkylation sites (tertiary alicyclic amines) is 1. The second-order valence-corrected chi connectivity index (χ2v) is 7.41. The van der Waals surface area contributed by atoms with E-state index in [1.807, 2.05) is 36.1 Å². The number of unbranched alkanes of at least 4 members (excludes halogenated alkanes) is 1. The van der Waals surface area contributed by atoms with Gasteiger partial charge in [-0.1, -0.05) is 31.5 Å². The number of rotatable bonds is 6. The van der Waals surface area contributed by atoms with E-state index in [-0.39, 0.29) is 18.4 Å². The number of aryl methyl sites for hydroxylation is 1. The van der Waals surface area contributed by atoms with Gasteiger partial charge in [0.2, 0.25) is 0 Å². The highest BCUT2D eigenvalue weighted by Gasteiger charge is 2.33. The number of aromatic nitrogens is 2. The van der Waals surface area contributed by atoms with Gasteiger partial charge in [0.05, 0.1) is 0 Å². The van der Waals surface area contributed by atoms with Gasteiger partial charge in [-0.3, -0.25) is 9.69 Å². The summed E-state index contributed by atoms with van der Waals surface area (Å²) in [5.41, 5.74) is 3.33. The van der Waals surface area contributed by atoms with Crippen molar-refractivity contribution in [2.24, 2.45) is 0 Å². The smallest absolute Gasteiger partial charge is 0.254 e. The summed E-state index contributed by atoms with van der Waals surface area (Å²) < 4.78 is 26.6. The number of alkyl halides is 2. The normalized spacial score (nSPS) is 17.2. The summed E-state index contributed by atoms with van der Waals surface area (Å²) >= 11 is 0. The summed E-state index contributed by atoms with van der Waals surface area (Å²) in [5, 5.41) is 0. The van der Waals surface area contributed by atoms with E-state index >= 15 is 0 Å². The van der Waals surface area contributed by atoms with Gasteiger partial charge in [0.15, 0.2) is 0 Å². The molecule has 2 aromatic rings. The van der Waals surface area contributed by atoms with Crippen LogP contribution in [0.4, 0.5) is 8.78 Å². The van der Waals surface area contributed by atoms with Crippen molar-refractivity contribution in [3.63, 3.8) is 0 Å². The molecule has 1 fully saturated rings. The zero-order valence-electron chi connectivity index (χ0n) is 16.0. The van der Waals surface area contributed by atoms with Crippen LogP contribution in [0.15, 0.2) is 29.1 Å². The Morgan fingerprint density at radius 1 is 1.26 bits per heavy atom. The Hall–Kier alpha value is -2.08. The molecule has 4 nitrogen and oxygen atoms in total. The first kappa shape index (κ1) is 19.7. The van der Waals surface area contributed by atoms with Crippen molar-refractivity contribution in [1.82, 2.24) is 14.9 Å². The van der Waals surface area contributed by atoms with E-state index in [0.717, 1.165) is 41.6 Å². The van der Waals surface area contributed by atoms with Crippen molar-refractivity contribution < 1.29 is 8.78 Å². The predicted molar refractivity (Wildman–Crippen MR) is 103 cm³/mol. The van der Waals surface area contributed by atoms with E-state index in [1.165, 1.54) is 0 Å². The van der Waals surface area contributed by atoms with Crippen molar-refractivity contribution in [1.29, 1.82) is 0 Å². The third-order valence-electron chi connectivity index (χ3n) is 5.20. The van der Waals surface area contributed by atoms with E-state index in [1.54, 1.807) is 0 Å². The highest BCUT2D eigenvalue weighted by atomic mass is 19.3. The second-order valence-electron chi connectivity index (χ2n) is 7.41. The van der Waals surface area contributed by atoms with Crippen LogP contribution in [0.3, 0.4) is 0 Å². The molecule has 0 atom stereocenters. The van der Waals surface area contributed by atoms with Crippen LogP contribution in [0.5, 0.6) is 0 Å². The van der Waals surface area contributed by atoms with Crippen LogP contribution < -0.4 is 5.56 Å². The van der Waals surface area contributed by atoms with Crippen LogP contribution in [0.1, 0.15) is 49.4 Å². The van der Waals surface area contributed by atoms with Gasteiger partial charge >= 0.3 is 0 Å². The lowest BCUT2D eigenvalue weighted by Crippen LogP contribution is -2.38. The fraction of sp³-hybridized carbons (Fsp3) is 0.524. The van der Waals surface area contributed by atoms with E-state index < -0.39 is 5.92 Å². The Kier molecular flexibility index (Phi) is 6.05. The summed E-state index contributed by atoms with van der Waals surface area (Å²) in [5.74, 6) is -1.97. The lowest BCUT2D eigenvalue weighted by Gasteiger charge is -2.31. The van der Waals surface area contributed by atoms with E-state index in [9.17, 15) is 13.6 Å². The number of nitrogens with zero attached hydrogens (tertiary/aromatic N) is 2. The Morgan fingerprint density at radius 2 is 2.00 bits per heavy atom. The van der Waals surface area contributed by atoms with Crippen molar-refractivity contribution in [2.45, 2.75) is 58.4 Å². The van der Waals surface area contributed by atoms with E-state index in [2.05, 4.69) is 16.9 Å². The fourth-order valence-corrected chi connectivity index (χ4v) is 3.51. The second kappa shape index (κ2) is 8.30. The first-order valence-electron chi connectivity index (χ1n) is 9.67. The molecule has 0 unspecified atom stereocenters. The SMILES string of the molecule is CCCCc1c(C)nc(-c2cccc(CN3CCC(F)(F)CC3)c2)[nH]c1=O. The molecular weight excluding hydrogens is 348 g/mol. The molecule has 3 rings (SSSR count). The molecule has 0 bridgehead atoms. The average molecular weight is 375 g/mol. The molecule has 1 aromatic carbocycles. The lowest BCUT2D eigenvalue weighted by atomic mass is 10.0. The number of halogens is 2. The topological polar surface area (TPSA) is 49.0 Å². The van der Waals surface area contributed by atoms with Gasteiger partial charge in [0.25, 0.3) is 11.5 Å². The number of hydrogen-bond donors (Lipinski definition) is 1. The van der Waals surface area contributed by atoms with Gasteiger partial charge < -0.3 is 4.98 Å². The summed E-state index contributed by atoms with van der Waals surface area (Å²) in [6, 6.07) is 7.80. The molecule has 27 heavy (non-hydrogen) atoms. The Bertz CT molecular complexity index is 838. The number of piperidine rings is 1. The molecular formula is C21H27F2N3O. The van der Waals surface area contributed by atoms with Gasteiger partial charge in [0, 0.05) is 49.3 Å². The summed E-state index contributed by atoms with van der Waals surface area (Å²) in [4.78, 5) is 22.0. The van der Waals surface area contributed by atoms with Crippen LogP contribution in [0.2, 0.25) is 0 Å². The molecule has 0 radical (unpaired) electrons. The molecule has 1 aliphatic rings. The summed E-state index contributed by atoms with van der Waals surface area (Å²) in [7, 11) is 0. The lowest BCUT2D eigenvalue weighted by molar-refractivity contribution is -0.0566. The molecule has 6 heteroatoms. The Balaban J connectivity index is 1.77. The maximum absolute atomic E-state index is 13.3. The first-order chi connectivity index (χ1) is 12.9. The summed E-state index contributed by atoms with van der Waals surface area (Å²) in [6.07, 6.45) is 2.57. The number of benzene rings is 1. The average Bonchev–Trinajstić information content (AvgIpc) is 2.63. The van der Waals surface area contributed by atoms with Crippen LogP contribution in [0, 0.1) is 6.92 Å². The Labute approximate surface area is 158 Å². The van der Waals surface area contributed by atoms with Crippen LogP contribution in [0.25, 0.3) is 11.4 Å². The van der Waals surface area contributed by atoms with Gasteiger partial charge in [-0.05, 0) is 31.4 Å². The molecule has 1 N–H and O–H groups in total. The van der Waals surface area contributed by atoms with Crippen molar-refractivity contribution in [3.05, 3.63) is 51.4 Å². The molecule has 0 spiro atoms. The van der Waals surface area contributed by atoms with Crippen molar-refractivity contribution in [2.75, 3.05) is 13.1 Å². The molecule has 1 saturated heterocycles. The van der Waals surface area contributed by atoms with Crippen molar-refractivity contribution >= 4 is 0 Å². The highest BCUT2D eigenvalue weighted by Crippen LogP contribution is 2.28. The number of aromatic amines is 1. The zero-order chi connectivity index (χ0) is 19.4. The highest BCUT2D eigenvalue weighted by molar-refractivity contribution is 5.56. The van der Waals surface area contributed by atoms with Gasteiger partial charge in [0.1, 0.15) is 5.82 Å². The minimum atomic E-state index is -2.53. The molecule has 146 valence electrons. The standard InChI is InChI=1S/C21H27F2N3O/c1-3-4-8-18-15(2)24-19(25-20(18)27)17-7-5-6-16(13-17)14-26-11-9-21(22,23)10-12-26/h5-7,13H,3-4,8-12,14H2,1-2H3,(H,24,25,27). The minimum absolute atomic E-state index is 0.0744. The van der Waals surface area contributed by atoms with E-state index in [4.69, 9.17) is 0 Å². The van der Waals surface area contributed by atoms with Gasteiger partial charge in [-0.25, -0.2) is 13.8 Å². The van der Waals surface area contributed by atoms with Crippen LogP contribution >= 0.6 is 0 Å². The molecule has 1 aromatic heterocycles. The number of hydrogen-bond acceptors (Lipinski definition) is 3. The first-order valence-corrected chi connectivity index (χ1v) is 9.67. The van der Waals surface area contributed by atoms with Crippen LogP contribution in [-0.2, 0) is 13.0 Å². The fourth-order valence-electron chi connectivity index (χ4n) is 3.51. The predicted octanol–water partition coefficient (Wildman–Crippen LogP) is 4.32. The number of nitrogens with one attached hydrogen (secondary N) is 1. The molecule has 0 saturated carbocycles. The van der Waals surface area contributed by atoms with Crippen molar-refractivity contribution in [3.8, 4) is 11.4 Å². The molecule has 0 aliphatic carbocycles. The summed E-state index contributed by atoms with van der Waals surface area (Å²) in [6.45, 7) is 5.40. The van der Waals surface area contributed by atoms with Crippen LogP contribution in [-0.4, -0.2) is 33.9 Å². The minimum Gasteiger partial charge on any atom is -0.306 e. The third-order valence-corrected chi connectivity index (χ3v) is 5.20. The maximum Gasteiger partial charge on any atom is 0.254 e. The molecule has 0 amide bonds. The Morgan fingerprint density at radius 3 is 2.67 bits per heavy atom. The zero-order valence-corrected chi connectivity index (χ0v) is 16.0. The largest absolute Gasteiger partial charge is 0.306 e. The molecule has 1 aliphatic heterocycles. The van der Waals surface area contributed by atoms with Gasteiger partial charge in [-0.2, -0.15) is 0 Å².